The minimum Gasteiger partial charge on any atom is -0.311 e. The summed E-state index contributed by atoms with van der Waals surface area (Å²) in [6, 6.07) is 21.0. The van der Waals surface area contributed by atoms with Crippen LogP contribution < -0.4 is 5.62 Å². The number of imidazole rings is 1. The Labute approximate surface area is 201 Å². The van der Waals surface area contributed by atoms with E-state index in [1.54, 1.807) is 34.5 Å². The Hall–Kier alpha value is -3.93. The van der Waals surface area contributed by atoms with E-state index in [-0.39, 0.29) is 5.62 Å². The van der Waals surface area contributed by atoms with Crippen LogP contribution in [0.5, 0.6) is 0 Å². The van der Waals surface area contributed by atoms with Gasteiger partial charge in [0.25, 0.3) is 0 Å². The van der Waals surface area contributed by atoms with Gasteiger partial charge >= 0.3 is 0 Å². The third kappa shape index (κ3) is 3.65. The van der Waals surface area contributed by atoms with Gasteiger partial charge in [-0.3, -0.25) is 9.55 Å². The lowest BCUT2D eigenvalue weighted by molar-refractivity contribution is 0.613. The molecular weight excluding hydrogens is 470 g/mol. The van der Waals surface area contributed by atoms with Crippen LogP contribution in [0.4, 0.5) is 0 Å². The number of rotatable bonds is 3. The van der Waals surface area contributed by atoms with Gasteiger partial charge in [0.2, 0.25) is 16.5 Å². The van der Waals surface area contributed by atoms with Gasteiger partial charge in [0.05, 0.1) is 40.1 Å². The zero-order valence-corrected chi connectivity index (χ0v) is 19.9. The van der Waals surface area contributed by atoms with Crippen LogP contribution >= 0.6 is 11.6 Å². The molecule has 0 radical (unpaired) electrons. The van der Waals surface area contributed by atoms with Crippen LogP contribution in [0, 0.1) is 18.3 Å². The summed E-state index contributed by atoms with van der Waals surface area (Å²) in [5.41, 5.74) is 6.37. The molecule has 2 heterocycles. The SMILES string of the molecule is Cc1ccc(C#N)cc1-n1c(=N[SH](=O)=O)n(C)c2cnc3ccc(-c4ccc(Cl)cc4)cc3c21. The molecule has 0 spiro atoms. The normalized spacial score (nSPS) is 12.0. The molecule has 7 nitrogen and oxygen atoms in total. The summed E-state index contributed by atoms with van der Waals surface area (Å²) < 4.78 is 30.8. The fourth-order valence-corrected chi connectivity index (χ4v) is 4.66. The lowest BCUT2D eigenvalue weighted by atomic mass is 10.0. The molecule has 0 fully saturated rings. The van der Waals surface area contributed by atoms with Crippen molar-refractivity contribution in [1.29, 1.82) is 5.26 Å². The number of hydrogen-bond donors (Lipinski definition) is 1. The average molecular weight is 488 g/mol. The van der Waals surface area contributed by atoms with E-state index in [4.69, 9.17) is 11.6 Å². The number of aromatic nitrogens is 3. The van der Waals surface area contributed by atoms with Gasteiger partial charge in [-0.1, -0.05) is 35.9 Å². The predicted octanol–water partition coefficient (Wildman–Crippen LogP) is 4.44. The highest BCUT2D eigenvalue weighted by atomic mass is 35.5. The van der Waals surface area contributed by atoms with Crippen LogP contribution in [0.2, 0.25) is 5.02 Å². The topological polar surface area (TPSA) is 93.0 Å². The summed E-state index contributed by atoms with van der Waals surface area (Å²) in [6.45, 7) is 1.91. The van der Waals surface area contributed by atoms with Crippen molar-refractivity contribution < 1.29 is 8.42 Å². The fourth-order valence-electron chi connectivity index (χ4n) is 4.16. The lowest BCUT2D eigenvalue weighted by Gasteiger charge is -2.11. The Morgan fingerprint density at radius 1 is 1.03 bits per heavy atom. The number of halogens is 1. The first kappa shape index (κ1) is 21.9. The monoisotopic (exact) mass is 487 g/mol. The van der Waals surface area contributed by atoms with Gasteiger partial charge in [-0.25, -0.2) is 8.42 Å². The number of hydrogen-bond acceptors (Lipinski definition) is 4. The van der Waals surface area contributed by atoms with Crippen LogP contribution in [0.25, 0.3) is 38.8 Å². The zero-order chi connectivity index (χ0) is 24.0. The third-order valence-electron chi connectivity index (χ3n) is 5.83. The van der Waals surface area contributed by atoms with Gasteiger partial charge < -0.3 is 4.57 Å². The fraction of sp³-hybridized carbons (Fsp3) is 0.0800. The maximum absolute atomic E-state index is 11.7. The molecule has 0 bridgehead atoms. The van der Waals surface area contributed by atoms with Crippen molar-refractivity contribution in [3.05, 3.63) is 88.6 Å². The standard InChI is InChI=1S/C25H18ClN5O2S/c1-15-3-4-16(13-27)11-22(15)31-24-20-12-18(17-5-8-19(26)9-6-17)7-10-21(20)28-14-23(24)30(2)25(31)29-34(32)33/h3-12,14,34H,1-2H3. The van der Waals surface area contributed by atoms with Crippen LogP contribution in [-0.2, 0) is 17.9 Å². The van der Waals surface area contributed by atoms with Gasteiger partial charge in [0.15, 0.2) is 0 Å². The van der Waals surface area contributed by atoms with Crippen LogP contribution in [0.15, 0.2) is 71.3 Å². The maximum Gasteiger partial charge on any atom is 0.246 e. The number of benzene rings is 3. The molecule has 0 saturated carbocycles. The number of fused-ring (bicyclic) bond motifs is 3. The molecule has 2 aromatic heterocycles. The molecule has 0 atom stereocenters. The Morgan fingerprint density at radius 2 is 1.76 bits per heavy atom. The van der Waals surface area contributed by atoms with Crippen molar-refractivity contribution in [1.82, 2.24) is 14.1 Å². The lowest BCUT2D eigenvalue weighted by Crippen LogP contribution is -2.24. The summed E-state index contributed by atoms with van der Waals surface area (Å²) in [4.78, 5) is 4.60. The highest BCUT2D eigenvalue weighted by Gasteiger charge is 2.18. The Morgan fingerprint density at radius 3 is 2.47 bits per heavy atom. The second-order valence-corrected chi connectivity index (χ2v) is 8.99. The highest BCUT2D eigenvalue weighted by molar-refractivity contribution is 7.70. The molecule has 168 valence electrons. The van der Waals surface area contributed by atoms with Gasteiger partial charge in [-0.2, -0.15) is 5.26 Å². The van der Waals surface area contributed by atoms with Crippen molar-refractivity contribution >= 4 is 44.4 Å². The third-order valence-corrected chi connectivity index (χ3v) is 6.43. The molecule has 9 heteroatoms. The molecule has 5 aromatic rings. The first-order valence-corrected chi connectivity index (χ1v) is 11.8. The Bertz CT molecular complexity index is 1780. The summed E-state index contributed by atoms with van der Waals surface area (Å²) in [7, 11) is -1.31. The predicted molar refractivity (Wildman–Crippen MR) is 133 cm³/mol. The van der Waals surface area contributed by atoms with E-state index in [1.807, 2.05) is 55.5 Å². The van der Waals surface area contributed by atoms with Crippen LogP contribution in [-0.4, -0.2) is 22.5 Å². The largest absolute Gasteiger partial charge is 0.311 e. The van der Waals surface area contributed by atoms with Crippen LogP contribution in [0.3, 0.4) is 0 Å². The van der Waals surface area contributed by atoms with Crippen LogP contribution in [0.1, 0.15) is 11.1 Å². The molecule has 5 rings (SSSR count). The van der Waals surface area contributed by atoms with Gasteiger partial charge in [0, 0.05) is 17.5 Å². The highest BCUT2D eigenvalue weighted by Crippen LogP contribution is 2.31. The van der Waals surface area contributed by atoms with E-state index in [0.29, 0.717) is 21.8 Å². The second-order valence-electron chi connectivity index (χ2n) is 7.88. The quantitative estimate of drug-likeness (QED) is 0.380. The Balaban J connectivity index is 1.97. The minimum atomic E-state index is -3.06. The van der Waals surface area contributed by atoms with E-state index in [1.165, 1.54) is 0 Å². The smallest absolute Gasteiger partial charge is 0.246 e. The van der Waals surface area contributed by atoms with E-state index in [0.717, 1.165) is 33.1 Å². The van der Waals surface area contributed by atoms with E-state index in [9.17, 15) is 13.7 Å². The number of nitriles is 1. The molecule has 0 amide bonds. The second kappa shape index (κ2) is 8.45. The molecular formula is C25H18ClN5O2S. The number of thiol groups is 1. The average Bonchev–Trinajstić information content (AvgIpc) is 3.11. The molecule has 34 heavy (non-hydrogen) atoms. The summed E-state index contributed by atoms with van der Waals surface area (Å²) >= 11 is 6.06. The number of pyridine rings is 1. The molecule has 0 aliphatic carbocycles. The van der Waals surface area contributed by atoms with Crippen molar-refractivity contribution in [3.8, 4) is 22.9 Å². The van der Waals surface area contributed by atoms with Crippen molar-refractivity contribution in [2.24, 2.45) is 11.4 Å². The first-order chi connectivity index (χ1) is 16.4. The van der Waals surface area contributed by atoms with Gasteiger partial charge in [-0.05, 0) is 60.0 Å². The number of aryl methyl sites for hydroxylation is 2. The van der Waals surface area contributed by atoms with Gasteiger partial charge in [-0.15, -0.1) is 4.40 Å². The summed E-state index contributed by atoms with van der Waals surface area (Å²) in [5.74, 6) is 0. The molecule has 0 aliphatic heterocycles. The maximum atomic E-state index is 11.7. The van der Waals surface area contributed by atoms with Crippen molar-refractivity contribution in [2.45, 2.75) is 6.92 Å². The minimum absolute atomic E-state index is 0.218. The Kier molecular flexibility index (Phi) is 5.44. The summed E-state index contributed by atoms with van der Waals surface area (Å²) in [5, 5.41) is 11.0. The van der Waals surface area contributed by atoms with Crippen molar-refractivity contribution in [3.63, 3.8) is 0 Å². The molecule has 3 aromatic carbocycles. The van der Waals surface area contributed by atoms with Crippen molar-refractivity contribution in [2.75, 3.05) is 0 Å². The molecule has 0 saturated heterocycles. The first-order valence-electron chi connectivity index (χ1n) is 10.3. The molecule has 0 aliphatic rings. The van der Waals surface area contributed by atoms with E-state index in [2.05, 4.69) is 15.5 Å². The van der Waals surface area contributed by atoms with Gasteiger partial charge in [0.1, 0.15) is 0 Å². The zero-order valence-electron chi connectivity index (χ0n) is 18.2. The number of nitrogens with zero attached hydrogens (tertiary/aromatic N) is 5. The molecule has 0 unspecified atom stereocenters. The molecule has 0 N–H and O–H groups in total. The van der Waals surface area contributed by atoms with E-state index < -0.39 is 10.9 Å². The summed E-state index contributed by atoms with van der Waals surface area (Å²) in [6.07, 6.45) is 1.70. The van der Waals surface area contributed by atoms with E-state index >= 15 is 0 Å².